The largest absolute Gasteiger partial charge is 0.479 e. The maximum Gasteiger partial charge on any atom is 0.332 e. The third-order valence-electron chi connectivity index (χ3n) is 2.09. The van der Waals surface area contributed by atoms with Crippen molar-refractivity contribution < 1.29 is 35.1 Å². The molecule has 0 spiro atoms. The maximum atomic E-state index is 9.45. The fourth-order valence-electron chi connectivity index (χ4n) is 0.721. The predicted molar refractivity (Wildman–Crippen MR) is 79.0 cm³/mol. The summed E-state index contributed by atoms with van der Waals surface area (Å²) in [6.07, 6.45) is 3.26. The van der Waals surface area contributed by atoms with Gasteiger partial charge in [-0.15, -0.1) is 6.58 Å². The first kappa shape index (κ1) is 24.6. The minimum atomic E-state index is -1.23. The molecule has 0 amide bonds. The minimum absolute atomic E-state index is 0.281. The van der Waals surface area contributed by atoms with Crippen LogP contribution in [-0.2, 0) is 9.59 Å². The van der Waals surface area contributed by atoms with Gasteiger partial charge in [0.2, 0.25) is 0 Å². The Morgan fingerprint density at radius 1 is 1.00 bits per heavy atom. The van der Waals surface area contributed by atoms with Crippen LogP contribution in [0.5, 0.6) is 0 Å². The fraction of sp³-hybridized carbons (Fsp3) is 0.714. The molecule has 126 valence electrons. The lowest BCUT2D eigenvalue weighted by Crippen LogP contribution is -2.13. The zero-order valence-corrected chi connectivity index (χ0v) is 12.9. The Hall–Kier alpha value is -1.44. The number of carbonyl (C=O) groups is 2. The number of aliphatic hydroxyl groups excluding tert-OH is 3. The normalized spacial score (nSPS) is 13.4. The van der Waals surface area contributed by atoms with Crippen molar-refractivity contribution in [2.75, 3.05) is 0 Å². The Kier molecular flexibility index (Phi) is 19.4. The number of aliphatic carboxylic acids is 2. The standard InChI is InChI=1S/C8H16O.2C3H6O3/c1-3-5-6-7-8(9)4-2;2*1-2(4)3(5)6/h4,8-9H,2-3,5-7H2,1H3;2*2,4H,1H3,(H,5,6). The van der Waals surface area contributed by atoms with Crippen LogP contribution in [0.1, 0.15) is 46.5 Å². The number of hydrogen-bond acceptors (Lipinski definition) is 5. The molecule has 0 aromatic rings. The van der Waals surface area contributed by atoms with Crippen molar-refractivity contribution in [2.24, 2.45) is 0 Å². The van der Waals surface area contributed by atoms with Crippen LogP contribution in [0.15, 0.2) is 12.7 Å². The van der Waals surface area contributed by atoms with Gasteiger partial charge in [-0.1, -0.05) is 32.3 Å². The van der Waals surface area contributed by atoms with Gasteiger partial charge < -0.3 is 25.5 Å². The van der Waals surface area contributed by atoms with E-state index in [1.807, 2.05) is 0 Å². The van der Waals surface area contributed by atoms with E-state index in [1.165, 1.54) is 26.7 Å². The third-order valence-corrected chi connectivity index (χ3v) is 2.09. The van der Waals surface area contributed by atoms with E-state index in [1.54, 1.807) is 6.08 Å². The molecule has 0 heterocycles. The Balaban J connectivity index is -0.000000240. The van der Waals surface area contributed by atoms with Gasteiger partial charge in [0, 0.05) is 0 Å². The molecule has 0 aliphatic carbocycles. The number of rotatable bonds is 7. The van der Waals surface area contributed by atoms with Crippen LogP contribution in [0.2, 0.25) is 0 Å². The summed E-state index contributed by atoms with van der Waals surface area (Å²) < 4.78 is 0. The van der Waals surface area contributed by atoms with Crippen LogP contribution in [0.25, 0.3) is 0 Å². The molecule has 21 heavy (non-hydrogen) atoms. The summed E-state index contributed by atoms with van der Waals surface area (Å²) in [5, 5.41) is 40.5. The number of hydrogen-bond donors (Lipinski definition) is 5. The molecule has 0 saturated carbocycles. The Labute approximate surface area is 125 Å². The number of aliphatic hydroxyl groups is 3. The molecule has 5 N–H and O–H groups in total. The zero-order valence-electron chi connectivity index (χ0n) is 12.9. The SMILES string of the molecule is C=CC(O)CCCCC.CC(O)C(=O)O.CC(O)C(=O)O. The van der Waals surface area contributed by atoms with E-state index in [9.17, 15) is 9.59 Å². The second kappa shape index (κ2) is 16.6. The van der Waals surface area contributed by atoms with Gasteiger partial charge in [-0.25, -0.2) is 9.59 Å². The molecule has 0 aliphatic heterocycles. The summed E-state index contributed by atoms with van der Waals surface area (Å²) in [6, 6.07) is 0. The van der Waals surface area contributed by atoms with Crippen LogP contribution < -0.4 is 0 Å². The highest BCUT2D eigenvalue weighted by atomic mass is 16.4. The highest BCUT2D eigenvalue weighted by molar-refractivity contribution is 5.71. The molecule has 0 saturated heterocycles. The zero-order chi connectivity index (χ0) is 17.4. The molecule has 0 fully saturated rings. The van der Waals surface area contributed by atoms with Crippen molar-refractivity contribution >= 4 is 11.9 Å². The molecule has 0 radical (unpaired) electrons. The second-order valence-corrected chi connectivity index (χ2v) is 4.33. The summed E-state index contributed by atoms with van der Waals surface area (Å²) >= 11 is 0. The van der Waals surface area contributed by atoms with E-state index in [2.05, 4.69) is 13.5 Å². The molecule has 3 atom stereocenters. The molecule has 0 aliphatic rings. The van der Waals surface area contributed by atoms with Crippen LogP contribution in [0, 0.1) is 0 Å². The van der Waals surface area contributed by atoms with Gasteiger partial charge in [-0.3, -0.25) is 0 Å². The summed E-state index contributed by atoms with van der Waals surface area (Å²) in [5.74, 6) is -2.37. The van der Waals surface area contributed by atoms with Crippen LogP contribution in [0.4, 0.5) is 0 Å². The molecule has 0 aromatic heterocycles. The molecular formula is C14H28O7. The van der Waals surface area contributed by atoms with Crippen molar-refractivity contribution in [1.82, 2.24) is 0 Å². The molecular weight excluding hydrogens is 280 g/mol. The third kappa shape index (κ3) is 27.7. The van der Waals surface area contributed by atoms with Gasteiger partial charge in [0.1, 0.15) is 12.2 Å². The molecule has 0 rings (SSSR count). The second-order valence-electron chi connectivity index (χ2n) is 4.33. The fourth-order valence-corrected chi connectivity index (χ4v) is 0.721. The minimum Gasteiger partial charge on any atom is -0.479 e. The monoisotopic (exact) mass is 308 g/mol. The van der Waals surface area contributed by atoms with Crippen molar-refractivity contribution in [3.8, 4) is 0 Å². The van der Waals surface area contributed by atoms with Crippen LogP contribution in [-0.4, -0.2) is 55.8 Å². The van der Waals surface area contributed by atoms with E-state index in [0.29, 0.717) is 0 Å². The van der Waals surface area contributed by atoms with Crippen LogP contribution >= 0.6 is 0 Å². The lowest BCUT2D eigenvalue weighted by atomic mass is 10.1. The average Bonchev–Trinajstić information content (AvgIpc) is 2.39. The van der Waals surface area contributed by atoms with Gasteiger partial charge in [-0.2, -0.15) is 0 Å². The summed E-state index contributed by atoms with van der Waals surface area (Å²) in [4.78, 5) is 18.9. The molecule has 0 bridgehead atoms. The lowest BCUT2D eigenvalue weighted by molar-refractivity contribution is -0.146. The van der Waals surface area contributed by atoms with E-state index in [4.69, 9.17) is 25.5 Å². The smallest absolute Gasteiger partial charge is 0.332 e. The summed E-state index contributed by atoms with van der Waals surface area (Å²) in [6.45, 7) is 8.04. The van der Waals surface area contributed by atoms with Crippen molar-refractivity contribution in [3.05, 3.63) is 12.7 Å². The number of unbranched alkanes of at least 4 members (excludes halogenated alkanes) is 2. The van der Waals surface area contributed by atoms with Crippen molar-refractivity contribution in [3.63, 3.8) is 0 Å². The van der Waals surface area contributed by atoms with Gasteiger partial charge in [0.05, 0.1) is 6.10 Å². The molecule has 0 aromatic carbocycles. The highest BCUT2D eigenvalue weighted by Gasteiger charge is 2.02. The quantitative estimate of drug-likeness (QED) is 0.350. The van der Waals surface area contributed by atoms with Crippen molar-refractivity contribution in [2.45, 2.75) is 64.8 Å². The van der Waals surface area contributed by atoms with Gasteiger partial charge >= 0.3 is 11.9 Å². The van der Waals surface area contributed by atoms with Gasteiger partial charge in [0.15, 0.2) is 0 Å². The van der Waals surface area contributed by atoms with Crippen LogP contribution in [0.3, 0.4) is 0 Å². The van der Waals surface area contributed by atoms with Gasteiger partial charge in [0.25, 0.3) is 0 Å². The van der Waals surface area contributed by atoms with E-state index in [-0.39, 0.29) is 6.10 Å². The molecule has 7 heteroatoms. The lowest BCUT2D eigenvalue weighted by Gasteiger charge is -2.01. The first-order valence-electron chi connectivity index (χ1n) is 6.72. The molecule has 7 nitrogen and oxygen atoms in total. The summed E-state index contributed by atoms with van der Waals surface area (Å²) in [7, 11) is 0. The predicted octanol–water partition coefficient (Wildman–Crippen LogP) is 1.02. The Bertz CT molecular complexity index is 256. The van der Waals surface area contributed by atoms with E-state index < -0.39 is 24.1 Å². The molecule has 3 unspecified atom stereocenters. The van der Waals surface area contributed by atoms with E-state index in [0.717, 1.165) is 12.8 Å². The topological polar surface area (TPSA) is 135 Å². The Morgan fingerprint density at radius 3 is 1.52 bits per heavy atom. The first-order chi connectivity index (χ1) is 9.59. The number of carboxylic acid groups (broad SMARTS) is 2. The van der Waals surface area contributed by atoms with E-state index >= 15 is 0 Å². The first-order valence-corrected chi connectivity index (χ1v) is 6.72. The number of carboxylic acids is 2. The summed E-state index contributed by atoms with van der Waals surface area (Å²) in [5.41, 5.74) is 0. The highest BCUT2D eigenvalue weighted by Crippen LogP contribution is 2.02. The van der Waals surface area contributed by atoms with Crippen molar-refractivity contribution in [1.29, 1.82) is 0 Å². The van der Waals surface area contributed by atoms with Gasteiger partial charge in [-0.05, 0) is 20.3 Å². The maximum absolute atomic E-state index is 9.45. The average molecular weight is 308 g/mol. The Morgan fingerprint density at radius 2 is 1.33 bits per heavy atom.